The molecule has 0 aliphatic carbocycles. The number of rotatable bonds is 3. The van der Waals surface area contributed by atoms with Crippen molar-refractivity contribution >= 4 is 33.4 Å². The zero-order chi connectivity index (χ0) is 14.8. The molecular weight excluding hydrogens is 332 g/mol. The largest absolute Gasteiger partial charge is 0.348 e. The predicted molar refractivity (Wildman–Crippen MR) is 84.1 cm³/mol. The Labute approximate surface area is 130 Å². The van der Waals surface area contributed by atoms with Crippen LogP contribution >= 0.6 is 15.9 Å². The van der Waals surface area contributed by atoms with E-state index >= 15 is 0 Å². The fraction of sp³-hybridized carbons (Fsp3) is 0.125. The van der Waals surface area contributed by atoms with Gasteiger partial charge < -0.3 is 10.6 Å². The lowest BCUT2D eigenvalue weighted by Gasteiger charge is -2.07. The van der Waals surface area contributed by atoms with E-state index in [0.717, 1.165) is 21.3 Å². The molecule has 0 saturated carbocycles. The van der Waals surface area contributed by atoms with E-state index in [2.05, 4.69) is 26.6 Å². The molecule has 0 bridgehead atoms. The van der Waals surface area contributed by atoms with Gasteiger partial charge in [0.25, 0.3) is 5.91 Å². The number of halogens is 1. The van der Waals surface area contributed by atoms with E-state index in [9.17, 15) is 9.59 Å². The molecule has 0 unspecified atom stereocenters. The molecule has 2 aromatic carbocycles. The summed E-state index contributed by atoms with van der Waals surface area (Å²) < 4.78 is 0.940. The quantitative estimate of drug-likeness (QED) is 0.899. The Morgan fingerprint density at radius 1 is 1.19 bits per heavy atom. The molecule has 4 nitrogen and oxygen atoms in total. The van der Waals surface area contributed by atoms with Crippen LogP contribution in [0.15, 0.2) is 46.9 Å². The zero-order valence-electron chi connectivity index (χ0n) is 11.2. The number of amides is 2. The summed E-state index contributed by atoms with van der Waals surface area (Å²) in [6, 6.07) is 12.9. The third-order valence-electron chi connectivity index (χ3n) is 3.35. The van der Waals surface area contributed by atoms with Gasteiger partial charge in [0.15, 0.2) is 0 Å². The van der Waals surface area contributed by atoms with Crippen LogP contribution in [0.4, 0.5) is 5.69 Å². The number of nitrogens with one attached hydrogen (secondary N) is 2. The minimum Gasteiger partial charge on any atom is -0.348 e. The Bertz CT molecular complexity index is 711. The third kappa shape index (κ3) is 3.13. The highest BCUT2D eigenvalue weighted by molar-refractivity contribution is 9.10. The predicted octanol–water partition coefficient (Wildman–Crippen LogP) is 2.87. The van der Waals surface area contributed by atoms with Gasteiger partial charge in [-0.3, -0.25) is 9.59 Å². The first-order chi connectivity index (χ1) is 10.1. The van der Waals surface area contributed by atoms with E-state index in [-0.39, 0.29) is 11.8 Å². The summed E-state index contributed by atoms with van der Waals surface area (Å²) in [5.41, 5.74) is 3.45. The molecule has 3 rings (SSSR count). The van der Waals surface area contributed by atoms with E-state index in [4.69, 9.17) is 0 Å². The van der Waals surface area contributed by atoms with Gasteiger partial charge >= 0.3 is 0 Å². The van der Waals surface area contributed by atoms with Crippen molar-refractivity contribution in [2.24, 2.45) is 0 Å². The molecule has 0 saturated heterocycles. The van der Waals surface area contributed by atoms with E-state index in [1.54, 1.807) is 12.1 Å². The van der Waals surface area contributed by atoms with E-state index in [1.165, 1.54) is 0 Å². The van der Waals surface area contributed by atoms with E-state index in [0.29, 0.717) is 18.5 Å². The van der Waals surface area contributed by atoms with Gasteiger partial charge in [0.1, 0.15) is 0 Å². The molecule has 0 spiro atoms. The van der Waals surface area contributed by atoms with Gasteiger partial charge in [-0.05, 0) is 41.5 Å². The number of hydrogen-bond acceptors (Lipinski definition) is 2. The lowest BCUT2D eigenvalue weighted by molar-refractivity contribution is -0.115. The van der Waals surface area contributed by atoms with Crippen LogP contribution in [0.25, 0.3) is 0 Å². The second kappa shape index (κ2) is 5.69. The van der Waals surface area contributed by atoms with Crippen molar-refractivity contribution < 1.29 is 9.59 Å². The molecule has 2 N–H and O–H groups in total. The van der Waals surface area contributed by atoms with Crippen molar-refractivity contribution in [2.75, 3.05) is 5.32 Å². The molecule has 2 aromatic rings. The molecule has 1 aliphatic rings. The summed E-state index contributed by atoms with van der Waals surface area (Å²) in [5.74, 6) is -0.0988. The summed E-state index contributed by atoms with van der Waals surface area (Å²) in [6.45, 7) is 0.441. The van der Waals surface area contributed by atoms with Crippen molar-refractivity contribution in [2.45, 2.75) is 13.0 Å². The van der Waals surface area contributed by atoms with Crippen LogP contribution < -0.4 is 10.6 Å². The first-order valence-corrected chi connectivity index (χ1v) is 7.36. The molecule has 0 radical (unpaired) electrons. The smallest absolute Gasteiger partial charge is 0.251 e. The average molecular weight is 345 g/mol. The molecule has 1 aliphatic heterocycles. The van der Waals surface area contributed by atoms with Crippen molar-refractivity contribution in [3.05, 3.63) is 63.6 Å². The van der Waals surface area contributed by atoms with Gasteiger partial charge in [0, 0.05) is 22.3 Å². The maximum absolute atomic E-state index is 12.0. The van der Waals surface area contributed by atoms with Crippen molar-refractivity contribution in [1.29, 1.82) is 0 Å². The maximum Gasteiger partial charge on any atom is 0.251 e. The van der Waals surface area contributed by atoms with Crippen LogP contribution in [-0.4, -0.2) is 11.8 Å². The van der Waals surface area contributed by atoms with Crippen LogP contribution in [0.1, 0.15) is 21.5 Å². The van der Waals surface area contributed by atoms with Crippen LogP contribution in [0.5, 0.6) is 0 Å². The topological polar surface area (TPSA) is 58.2 Å². The highest BCUT2D eigenvalue weighted by atomic mass is 79.9. The SMILES string of the molecule is O=C1Cc2cc(CNC(=O)c3ccc(Br)cc3)ccc2N1. The Hall–Kier alpha value is -2.14. The number of hydrogen-bond donors (Lipinski definition) is 2. The maximum atomic E-state index is 12.0. The number of benzene rings is 2. The van der Waals surface area contributed by atoms with Crippen molar-refractivity contribution in [3.63, 3.8) is 0 Å². The van der Waals surface area contributed by atoms with Crippen LogP contribution in [-0.2, 0) is 17.8 Å². The molecule has 21 heavy (non-hydrogen) atoms. The van der Waals surface area contributed by atoms with Crippen LogP contribution in [0.2, 0.25) is 0 Å². The number of anilines is 1. The fourth-order valence-corrected chi connectivity index (χ4v) is 2.54. The highest BCUT2D eigenvalue weighted by Gasteiger charge is 2.17. The second-order valence-electron chi connectivity index (χ2n) is 4.91. The van der Waals surface area contributed by atoms with Gasteiger partial charge in [0.05, 0.1) is 6.42 Å². The Kier molecular flexibility index (Phi) is 3.75. The van der Waals surface area contributed by atoms with Crippen molar-refractivity contribution in [3.8, 4) is 0 Å². The Morgan fingerprint density at radius 3 is 2.71 bits per heavy atom. The molecule has 1 heterocycles. The molecule has 2 amide bonds. The minimum atomic E-state index is -0.114. The molecule has 106 valence electrons. The highest BCUT2D eigenvalue weighted by Crippen LogP contribution is 2.23. The van der Waals surface area contributed by atoms with Gasteiger partial charge in [-0.25, -0.2) is 0 Å². The van der Waals surface area contributed by atoms with E-state index < -0.39 is 0 Å². The normalized spacial score (nSPS) is 12.7. The molecule has 0 atom stereocenters. The molecule has 0 aromatic heterocycles. The fourth-order valence-electron chi connectivity index (χ4n) is 2.28. The van der Waals surface area contributed by atoms with E-state index in [1.807, 2.05) is 30.3 Å². The third-order valence-corrected chi connectivity index (χ3v) is 3.88. The van der Waals surface area contributed by atoms with Gasteiger partial charge in [-0.1, -0.05) is 28.1 Å². The number of fused-ring (bicyclic) bond motifs is 1. The van der Waals surface area contributed by atoms with Gasteiger partial charge in [0.2, 0.25) is 5.91 Å². The Morgan fingerprint density at radius 2 is 1.95 bits per heavy atom. The summed E-state index contributed by atoms with van der Waals surface area (Å²) >= 11 is 3.34. The van der Waals surface area contributed by atoms with Crippen LogP contribution in [0, 0.1) is 0 Å². The second-order valence-corrected chi connectivity index (χ2v) is 5.82. The summed E-state index contributed by atoms with van der Waals surface area (Å²) in [4.78, 5) is 23.3. The zero-order valence-corrected chi connectivity index (χ0v) is 12.7. The lowest BCUT2D eigenvalue weighted by atomic mass is 10.1. The first-order valence-electron chi connectivity index (χ1n) is 6.57. The number of carbonyl (C=O) groups excluding carboxylic acids is 2. The Balaban J connectivity index is 1.65. The number of carbonyl (C=O) groups is 2. The van der Waals surface area contributed by atoms with Crippen molar-refractivity contribution in [1.82, 2.24) is 5.32 Å². The van der Waals surface area contributed by atoms with Crippen LogP contribution in [0.3, 0.4) is 0 Å². The standard InChI is InChI=1S/C16H13BrN2O2/c17-13-4-2-11(3-5-13)16(21)18-9-10-1-6-14-12(7-10)8-15(20)19-14/h1-7H,8-9H2,(H,18,21)(H,19,20). The summed E-state index contributed by atoms with van der Waals surface area (Å²) in [7, 11) is 0. The summed E-state index contributed by atoms with van der Waals surface area (Å²) in [6.07, 6.45) is 0.407. The molecule has 0 fully saturated rings. The first kappa shape index (κ1) is 13.8. The minimum absolute atomic E-state index is 0.0149. The van der Waals surface area contributed by atoms with Gasteiger partial charge in [-0.2, -0.15) is 0 Å². The lowest BCUT2D eigenvalue weighted by Crippen LogP contribution is -2.22. The average Bonchev–Trinajstić information content (AvgIpc) is 2.84. The molecule has 5 heteroatoms. The molecular formula is C16H13BrN2O2. The van der Waals surface area contributed by atoms with Gasteiger partial charge in [-0.15, -0.1) is 0 Å². The summed E-state index contributed by atoms with van der Waals surface area (Å²) in [5, 5.41) is 5.67. The monoisotopic (exact) mass is 344 g/mol.